The monoisotopic (exact) mass is 300 g/mol. The minimum Gasteiger partial charge on any atom is -0.384 e. The number of benzene rings is 1. The van der Waals surface area contributed by atoms with E-state index in [1.807, 2.05) is 25.1 Å². The molecule has 0 radical (unpaired) electrons. The smallest absolute Gasteiger partial charge is 0.141 e. The maximum absolute atomic E-state index is 13.3. The lowest BCUT2D eigenvalue weighted by molar-refractivity contribution is 0.0170. The van der Waals surface area contributed by atoms with E-state index >= 15 is 0 Å². The van der Waals surface area contributed by atoms with Gasteiger partial charge in [0.15, 0.2) is 0 Å². The molecule has 4 heteroatoms. The molecular weight excluding hydrogens is 279 g/mol. The van der Waals surface area contributed by atoms with Crippen molar-refractivity contribution in [1.29, 1.82) is 0 Å². The van der Waals surface area contributed by atoms with Crippen LogP contribution in [0, 0.1) is 5.82 Å². The molecule has 2 unspecified atom stereocenters. The maximum Gasteiger partial charge on any atom is 0.141 e. The van der Waals surface area contributed by atoms with Crippen LogP contribution in [0.25, 0.3) is 0 Å². The molecule has 1 aromatic heterocycles. The van der Waals surface area contributed by atoms with E-state index in [1.165, 1.54) is 17.8 Å². The van der Waals surface area contributed by atoms with Crippen LogP contribution >= 0.6 is 0 Å². The van der Waals surface area contributed by atoms with Crippen LogP contribution in [-0.2, 0) is 12.0 Å². The van der Waals surface area contributed by atoms with Gasteiger partial charge in [-0.2, -0.15) is 0 Å². The second-order valence-corrected chi connectivity index (χ2v) is 6.08. The van der Waals surface area contributed by atoms with E-state index in [1.54, 1.807) is 6.20 Å². The molecule has 0 bridgehead atoms. The number of rotatable bonds is 4. The van der Waals surface area contributed by atoms with Crippen LogP contribution in [0.2, 0.25) is 0 Å². The van der Waals surface area contributed by atoms with E-state index in [0.717, 1.165) is 30.4 Å². The number of halogens is 1. The van der Waals surface area contributed by atoms with Crippen molar-refractivity contribution in [3.8, 4) is 0 Å². The maximum atomic E-state index is 13.3. The van der Waals surface area contributed by atoms with Gasteiger partial charge in [0.05, 0.1) is 6.20 Å². The van der Waals surface area contributed by atoms with Crippen LogP contribution in [0.1, 0.15) is 42.5 Å². The van der Waals surface area contributed by atoms with Gasteiger partial charge >= 0.3 is 0 Å². The van der Waals surface area contributed by atoms with Gasteiger partial charge in [-0.15, -0.1) is 0 Å². The Kier molecular flexibility index (Phi) is 4.23. The number of aryl methyl sites for hydroxylation is 1. The fourth-order valence-corrected chi connectivity index (χ4v) is 3.19. The van der Waals surface area contributed by atoms with Gasteiger partial charge < -0.3 is 10.4 Å². The standard InChI is InChI=1S/C18H21FN2O/c1-13(15-9-16(19)11-20-10-15)21-12-18(22)8-4-6-14-5-2-3-7-17(14)18/h2-3,5,7,9-11,13,21-22H,4,6,8,12H2,1H3. The highest BCUT2D eigenvalue weighted by molar-refractivity contribution is 5.35. The first kappa shape index (κ1) is 15.1. The molecule has 2 atom stereocenters. The molecule has 116 valence electrons. The number of nitrogens with zero attached hydrogens (tertiary/aromatic N) is 1. The molecule has 0 amide bonds. The summed E-state index contributed by atoms with van der Waals surface area (Å²) < 4.78 is 13.3. The summed E-state index contributed by atoms with van der Waals surface area (Å²) in [6, 6.07) is 9.48. The summed E-state index contributed by atoms with van der Waals surface area (Å²) in [5.41, 5.74) is 2.16. The van der Waals surface area contributed by atoms with Crippen LogP contribution < -0.4 is 5.32 Å². The van der Waals surface area contributed by atoms with Crippen LogP contribution in [0.3, 0.4) is 0 Å². The zero-order valence-corrected chi connectivity index (χ0v) is 12.7. The summed E-state index contributed by atoms with van der Waals surface area (Å²) in [5.74, 6) is -0.340. The minimum absolute atomic E-state index is 0.0682. The zero-order valence-electron chi connectivity index (χ0n) is 12.7. The number of nitrogens with one attached hydrogen (secondary N) is 1. The lowest BCUT2D eigenvalue weighted by atomic mass is 9.79. The number of hydrogen-bond acceptors (Lipinski definition) is 3. The third kappa shape index (κ3) is 3.03. The Morgan fingerprint density at radius 2 is 2.18 bits per heavy atom. The molecule has 0 spiro atoms. The molecule has 0 fully saturated rings. The average molecular weight is 300 g/mol. The highest BCUT2D eigenvalue weighted by atomic mass is 19.1. The van der Waals surface area contributed by atoms with Crippen LogP contribution in [-0.4, -0.2) is 16.6 Å². The molecule has 3 nitrogen and oxygen atoms in total. The Bertz CT molecular complexity index is 661. The first-order valence-corrected chi connectivity index (χ1v) is 7.73. The summed E-state index contributed by atoms with van der Waals surface area (Å²) in [7, 11) is 0. The molecule has 1 aliphatic carbocycles. The fraction of sp³-hybridized carbons (Fsp3) is 0.389. The zero-order chi connectivity index (χ0) is 15.6. The summed E-state index contributed by atoms with van der Waals surface area (Å²) >= 11 is 0. The number of aliphatic hydroxyl groups is 1. The lowest BCUT2D eigenvalue weighted by Crippen LogP contribution is -2.41. The Morgan fingerprint density at radius 1 is 1.36 bits per heavy atom. The van der Waals surface area contributed by atoms with E-state index in [0.29, 0.717) is 6.54 Å². The van der Waals surface area contributed by atoms with Gasteiger partial charge in [-0.05, 0) is 48.9 Å². The molecule has 0 saturated heterocycles. The minimum atomic E-state index is -0.857. The van der Waals surface area contributed by atoms with Crippen molar-refractivity contribution in [1.82, 2.24) is 10.3 Å². The molecule has 1 aliphatic rings. The van der Waals surface area contributed by atoms with Crippen molar-refractivity contribution in [3.63, 3.8) is 0 Å². The van der Waals surface area contributed by atoms with Gasteiger partial charge in [0, 0.05) is 18.8 Å². The molecule has 3 rings (SSSR count). The fourth-order valence-electron chi connectivity index (χ4n) is 3.19. The number of aromatic nitrogens is 1. The topological polar surface area (TPSA) is 45.1 Å². The van der Waals surface area contributed by atoms with Gasteiger partial charge in [0.25, 0.3) is 0 Å². The van der Waals surface area contributed by atoms with E-state index < -0.39 is 5.60 Å². The summed E-state index contributed by atoms with van der Waals surface area (Å²) in [6.07, 6.45) is 5.58. The Hall–Kier alpha value is -1.78. The highest BCUT2D eigenvalue weighted by Gasteiger charge is 2.34. The highest BCUT2D eigenvalue weighted by Crippen LogP contribution is 2.35. The molecule has 22 heavy (non-hydrogen) atoms. The molecule has 0 aliphatic heterocycles. The number of hydrogen-bond donors (Lipinski definition) is 2. The van der Waals surface area contributed by atoms with Crippen molar-refractivity contribution in [2.24, 2.45) is 0 Å². The van der Waals surface area contributed by atoms with Crippen molar-refractivity contribution in [2.45, 2.75) is 37.8 Å². The Labute approximate surface area is 130 Å². The van der Waals surface area contributed by atoms with Crippen LogP contribution in [0.15, 0.2) is 42.7 Å². The largest absolute Gasteiger partial charge is 0.384 e. The Morgan fingerprint density at radius 3 is 3.00 bits per heavy atom. The Balaban J connectivity index is 1.74. The van der Waals surface area contributed by atoms with Gasteiger partial charge in [-0.1, -0.05) is 24.3 Å². The quantitative estimate of drug-likeness (QED) is 0.912. The molecule has 2 aromatic rings. The van der Waals surface area contributed by atoms with E-state index in [2.05, 4.69) is 16.4 Å². The molecule has 2 N–H and O–H groups in total. The first-order valence-electron chi connectivity index (χ1n) is 7.73. The average Bonchev–Trinajstić information content (AvgIpc) is 2.53. The molecular formula is C18H21FN2O. The third-order valence-electron chi connectivity index (χ3n) is 4.48. The predicted molar refractivity (Wildman–Crippen MR) is 83.9 cm³/mol. The molecule has 1 heterocycles. The number of fused-ring (bicyclic) bond motifs is 1. The van der Waals surface area contributed by atoms with Crippen LogP contribution in [0.4, 0.5) is 4.39 Å². The van der Waals surface area contributed by atoms with Crippen molar-refractivity contribution in [3.05, 3.63) is 65.2 Å². The lowest BCUT2D eigenvalue weighted by Gasteiger charge is -2.35. The predicted octanol–water partition coefficient (Wildman–Crippen LogP) is 3.10. The van der Waals surface area contributed by atoms with Gasteiger partial charge in [0.2, 0.25) is 0 Å². The van der Waals surface area contributed by atoms with Crippen LogP contribution in [0.5, 0.6) is 0 Å². The normalized spacial score (nSPS) is 22.1. The third-order valence-corrected chi connectivity index (χ3v) is 4.48. The second-order valence-electron chi connectivity index (χ2n) is 6.08. The summed E-state index contributed by atoms with van der Waals surface area (Å²) in [4.78, 5) is 3.88. The SMILES string of the molecule is CC(NCC1(O)CCCc2ccccc21)c1cncc(F)c1. The van der Waals surface area contributed by atoms with Crippen molar-refractivity contribution >= 4 is 0 Å². The second kappa shape index (κ2) is 6.15. The first-order chi connectivity index (χ1) is 10.6. The molecule has 1 aromatic carbocycles. The van der Waals surface area contributed by atoms with E-state index in [9.17, 15) is 9.50 Å². The summed E-state index contributed by atoms with van der Waals surface area (Å²) in [5, 5.41) is 14.3. The van der Waals surface area contributed by atoms with Gasteiger partial charge in [0.1, 0.15) is 11.4 Å². The van der Waals surface area contributed by atoms with E-state index in [4.69, 9.17) is 0 Å². The van der Waals surface area contributed by atoms with Gasteiger partial charge in [-0.25, -0.2) is 4.39 Å². The molecule has 0 saturated carbocycles. The van der Waals surface area contributed by atoms with Crippen molar-refractivity contribution in [2.75, 3.05) is 6.54 Å². The number of pyridine rings is 1. The summed E-state index contributed by atoms with van der Waals surface area (Å²) in [6.45, 7) is 2.40. The van der Waals surface area contributed by atoms with Crippen molar-refractivity contribution < 1.29 is 9.50 Å². The van der Waals surface area contributed by atoms with Gasteiger partial charge in [-0.3, -0.25) is 4.98 Å². The van der Waals surface area contributed by atoms with E-state index in [-0.39, 0.29) is 11.9 Å².